The Balaban J connectivity index is 2.14. The minimum Gasteiger partial charge on any atom is -0.350 e. The molecule has 1 aromatic carbocycles. The average molecular weight is 346 g/mol. The molecule has 2 rings (SSSR count). The first kappa shape index (κ1) is 17.3. The van der Waals surface area contributed by atoms with E-state index in [9.17, 15) is 18.0 Å². The van der Waals surface area contributed by atoms with Crippen molar-refractivity contribution in [2.45, 2.75) is 32.6 Å². The van der Waals surface area contributed by atoms with Gasteiger partial charge in [-0.05, 0) is 19.4 Å². The zero-order valence-corrected chi connectivity index (χ0v) is 13.2. The van der Waals surface area contributed by atoms with Crippen LogP contribution in [-0.2, 0) is 17.5 Å². The first-order valence-corrected chi connectivity index (χ1v) is 7.23. The van der Waals surface area contributed by atoms with Crippen LogP contribution in [-0.4, -0.2) is 15.7 Å². The molecule has 0 bridgehead atoms. The number of nitrogens with zero attached hydrogens (tertiary/aromatic N) is 2. The Labute approximate surface area is 136 Å². The number of halogens is 4. The van der Waals surface area contributed by atoms with Crippen LogP contribution >= 0.6 is 11.6 Å². The first-order valence-electron chi connectivity index (χ1n) is 6.85. The van der Waals surface area contributed by atoms with Gasteiger partial charge in [0.1, 0.15) is 6.04 Å². The largest absolute Gasteiger partial charge is 0.436 e. The van der Waals surface area contributed by atoms with Crippen LogP contribution in [0.2, 0.25) is 5.02 Å². The molecule has 0 radical (unpaired) electrons. The van der Waals surface area contributed by atoms with Gasteiger partial charge < -0.3 is 5.32 Å². The topological polar surface area (TPSA) is 46.9 Å². The normalized spacial score (nSPS) is 13.0. The van der Waals surface area contributed by atoms with E-state index in [2.05, 4.69) is 10.4 Å². The number of rotatable bonds is 4. The lowest BCUT2D eigenvalue weighted by Crippen LogP contribution is -2.31. The lowest BCUT2D eigenvalue weighted by atomic mass is 10.2. The molecule has 2 aromatic rings. The molecule has 1 aromatic heterocycles. The van der Waals surface area contributed by atoms with Crippen LogP contribution in [0.4, 0.5) is 13.2 Å². The van der Waals surface area contributed by atoms with Crippen LogP contribution in [0, 0.1) is 6.92 Å². The van der Waals surface area contributed by atoms with E-state index < -0.39 is 28.8 Å². The summed E-state index contributed by atoms with van der Waals surface area (Å²) in [4.78, 5) is 12.1. The van der Waals surface area contributed by atoms with Crippen molar-refractivity contribution in [2.75, 3.05) is 0 Å². The highest BCUT2D eigenvalue weighted by molar-refractivity contribution is 6.32. The fraction of sp³-hybridized carbons (Fsp3) is 0.333. The van der Waals surface area contributed by atoms with Gasteiger partial charge in [-0.3, -0.25) is 9.48 Å². The summed E-state index contributed by atoms with van der Waals surface area (Å²) in [6.45, 7) is 3.15. The number of hydrogen-bond donors (Lipinski definition) is 1. The van der Waals surface area contributed by atoms with Crippen molar-refractivity contribution in [1.29, 1.82) is 0 Å². The molecule has 23 heavy (non-hydrogen) atoms. The number of hydrogen-bond acceptors (Lipinski definition) is 2. The van der Waals surface area contributed by atoms with Gasteiger partial charge in [-0.25, -0.2) is 0 Å². The number of amides is 1. The van der Waals surface area contributed by atoms with Gasteiger partial charge in [0, 0.05) is 6.54 Å². The van der Waals surface area contributed by atoms with E-state index in [4.69, 9.17) is 11.6 Å². The number of nitrogens with one attached hydrogen (secondary N) is 1. The maximum atomic E-state index is 12.8. The second-order valence-electron chi connectivity index (χ2n) is 5.07. The molecule has 8 heteroatoms. The Hall–Kier alpha value is -2.02. The highest BCUT2D eigenvalue weighted by atomic mass is 35.5. The highest BCUT2D eigenvalue weighted by Gasteiger charge is 2.39. The monoisotopic (exact) mass is 345 g/mol. The third-order valence-corrected chi connectivity index (χ3v) is 3.85. The van der Waals surface area contributed by atoms with Gasteiger partial charge in [0.05, 0.1) is 10.7 Å². The predicted octanol–water partition coefficient (Wildman–Crippen LogP) is 3.74. The Bertz CT molecular complexity index is 698. The average Bonchev–Trinajstić information content (AvgIpc) is 2.81. The Morgan fingerprint density at radius 1 is 1.35 bits per heavy atom. The van der Waals surface area contributed by atoms with Gasteiger partial charge in [-0.1, -0.05) is 41.9 Å². The van der Waals surface area contributed by atoms with Crippen molar-refractivity contribution >= 4 is 17.5 Å². The van der Waals surface area contributed by atoms with E-state index in [1.807, 2.05) is 30.3 Å². The van der Waals surface area contributed by atoms with E-state index in [0.717, 1.165) is 10.2 Å². The van der Waals surface area contributed by atoms with E-state index in [1.54, 1.807) is 0 Å². The summed E-state index contributed by atoms with van der Waals surface area (Å²) in [6, 6.07) is 8.27. The summed E-state index contributed by atoms with van der Waals surface area (Å²) >= 11 is 5.69. The second kappa shape index (κ2) is 6.62. The van der Waals surface area contributed by atoms with E-state index in [0.29, 0.717) is 0 Å². The van der Waals surface area contributed by atoms with E-state index in [1.165, 1.54) is 13.8 Å². The SMILES string of the molecule is Cc1c(Cl)c(C(F)(F)F)nn1C(C)C(=O)NCc1ccccc1. The molecule has 0 aliphatic carbocycles. The molecule has 0 saturated carbocycles. The Morgan fingerprint density at radius 2 is 1.96 bits per heavy atom. The van der Waals surface area contributed by atoms with Crippen LogP contribution < -0.4 is 5.32 Å². The molecule has 0 fully saturated rings. The summed E-state index contributed by atoms with van der Waals surface area (Å²) in [5.41, 5.74) is -0.194. The first-order chi connectivity index (χ1) is 10.7. The van der Waals surface area contributed by atoms with Crippen molar-refractivity contribution in [3.63, 3.8) is 0 Å². The molecule has 0 spiro atoms. The second-order valence-corrected chi connectivity index (χ2v) is 5.45. The van der Waals surface area contributed by atoms with Crippen LogP contribution in [0.5, 0.6) is 0 Å². The van der Waals surface area contributed by atoms with Gasteiger partial charge in [0.15, 0.2) is 5.69 Å². The molecule has 1 atom stereocenters. The van der Waals surface area contributed by atoms with Crippen molar-refractivity contribution in [3.8, 4) is 0 Å². The summed E-state index contributed by atoms with van der Waals surface area (Å²) in [5.74, 6) is -0.440. The molecule has 1 N–H and O–H groups in total. The molecule has 0 saturated heterocycles. The van der Waals surface area contributed by atoms with Crippen molar-refractivity contribution in [2.24, 2.45) is 0 Å². The number of alkyl halides is 3. The van der Waals surface area contributed by atoms with Crippen LogP contribution in [0.1, 0.15) is 29.9 Å². The molecule has 0 aliphatic heterocycles. The highest BCUT2D eigenvalue weighted by Crippen LogP contribution is 2.36. The minimum absolute atomic E-state index is 0.0985. The molecule has 4 nitrogen and oxygen atoms in total. The number of carbonyl (C=O) groups is 1. The predicted molar refractivity (Wildman–Crippen MR) is 80.0 cm³/mol. The van der Waals surface area contributed by atoms with E-state index >= 15 is 0 Å². The number of carbonyl (C=O) groups excluding carboxylic acids is 1. The van der Waals surface area contributed by atoms with Crippen molar-refractivity contribution < 1.29 is 18.0 Å². The van der Waals surface area contributed by atoms with Gasteiger partial charge in [0.25, 0.3) is 0 Å². The molecular weight excluding hydrogens is 331 g/mol. The van der Waals surface area contributed by atoms with Gasteiger partial charge in [-0.2, -0.15) is 18.3 Å². The minimum atomic E-state index is -4.66. The zero-order chi connectivity index (χ0) is 17.2. The quantitative estimate of drug-likeness (QED) is 0.917. The van der Waals surface area contributed by atoms with Gasteiger partial charge >= 0.3 is 6.18 Å². The lowest BCUT2D eigenvalue weighted by molar-refractivity contribution is -0.141. The molecule has 1 unspecified atom stereocenters. The molecule has 1 amide bonds. The lowest BCUT2D eigenvalue weighted by Gasteiger charge is -2.14. The van der Waals surface area contributed by atoms with Gasteiger partial charge in [-0.15, -0.1) is 0 Å². The number of aromatic nitrogens is 2. The van der Waals surface area contributed by atoms with Crippen molar-refractivity contribution in [3.05, 3.63) is 52.3 Å². The maximum Gasteiger partial charge on any atom is 0.436 e. The molecule has 124 valence electrons. The van der Waals surface area contributed by atoms with E-state index in [-0.39, 0.29) is 12.2 Å². The smallest absolute Gasteiger partial charge is 0.350 e. The third-order valence-electron chi connectivity index (χ3n) is 3.40. The maximum absolute atomic E-state index is 12.8. The Kier molecular flexibility index (Phi) is 4.99. The molecular formula is C15H15ClF3N3O. The van der Waals surface area contributed by atoms with Crippen LogP contribution in [0.15, 0.2) is 30.3 Å². The summed E-state index contributed by atoms with van der Waals surface area (Å²) in [5, 5.41) is 5.64. The van der Waals surface area contributed by atoms with Crippen LogP contribution in [0.3, 0.4) is 0 Å². The standard InChI is InChI=1S/C15H15ClF3N3O/c1-9-12(16)13(15(17,18)19)21-22(9)10(2)14(23)20-8-11-6-4-3-5-7-11/h3-7,10H,8H2,1-2H3,(H,20,23). The fourth-order valence-corrected chi connectivity index (χ4v) is 2.33. The number of benzene rings is 1. The molecule has 0 aliphatic rings. The zero-order valence-electron chi connectivity index (χ0n) is 12.5. The summed E-state index contributed by atoms with van der Waals surface area (Å²) in [6.07, 6.45) is -4.66. The van der Waals surface area contributed by atoms with Crippen molar-refractivity contribution in [1.82, 2.24) is 15.1 Å². The summed E-state index contributed by atoms with van der Waals surface area (Å²) < 4.78 is 39.4. The summed E-state index contributed by atoms with van der Waals surface area (Å²) in [7, 11) is 0. The van der Waals surface area contributed by atoms with Crippen LogP contribution in [0.25, 0.3) is 0 Å². The Morgan fingerprint density at radius 3 is 2.48 bits per heavy atom. The third kappa shape index (κ3) is 3.85. The molecule has 1 heterocycles. The van der Waals surface area contributed by atoms with Gasteiger partial charge in [0.2, 0.25) is 5.91 Å². The fourth-order valence-electron chi connectivity index (χ4n) is 2.10.